The zero-order valence-electron chi connectivity index (χ0n) is 21.3. The van der Waals surface area contributed by atoms with Crippen LogP contribution in [0.4, 0.5) is 5.69 Å². The third kappa shape index (κ3) is 5.25. The third-order valence-corrected chi connectivity index (χ3v) is 9.78. The predicted molar refractivity (Wildman–Crippen MR) is 162 cm³/mol. The smallest absolute Gasteiger partial charge is 0.296 e. The molecule has 0 saturated carbocycles. The van der Waals surface area contributed by atoms with E-state index in [-0.39, 0.29) is 16.8 Å². The summed E-state index contributed by atoms with van der Waals surface area (Å²) in [6.45, 7) is 1.65. The van der Waals surface area contributed by atoms with Gasteiger partial charge in [0.25, 0.3) is 10.1 Å². The lowest BCUT2D eigenvalue weighted by atomic mass is 10.0. The first-order chi connectivity index (χ1) is 18.7. The Morgan fingerprint density at radius 1 is 0.850 bits per heavy atom. The van der Waals surface area contributed by atoms with E-state index in [2.05, 4.69) is 4.98 Å². The van der Waals surface area contributed by atoms with Crippen LogP contribution in [0.25, 0.3) is 41.6 Å². The molecule has 6 aromatic rings. The standard InChI is InChI=1S/C29H21N3O4S3.H3N/c1-16-2-12-23-26(27(16)39(34,35)36)38-29(32-23)20-9-13-22-25(15-20)37-28(31-22)19-5-3-17(4-6-19)14-24(33)18-7-10-21(30)11-8-18;/h2-13,15H,14,30H2,1H3,(H,34,35,36);1H3. The molecule has 8 nitrogen and oxygen atoms in total. The summed E-state index contributed by atoms with van der Waals surface area (Å²) in [6.07, 6.45) is 0.300. The van der Waals surface area contributed by atoms with Crippen LogP contribution in [-0.4, -0.2) is 28.7 Å². The normalized spacial score (nSPS) is 11.6. The molecule has 0 bridgehead atoms. The number of nitrogens with two attached hydrogens (primary N) is 1. The number of anilines is 1. The molecule has 0 fully saturated rings. The number of nitrogens with zero attached hydrogens (tertiary/aromatic N) is 2. The minimum absolute atomic E-state index is 0. The van der Waals surface area contributed by atoms with Gasteiger partial charge >= 0.3 is 0 Å². The van der Waals surface area contributed by atoms with E-state index in [1.54, 1.807) is 54.7 Å². The Kier molecular flexibility index (Phi) is 7.25. The maximum Gasteiger partial charge on any atom is 0.296 e. The number of fused-ring (bicyclic) bond motifs is 2. The number of hydrogen-bond acceptors (Lipinski definition) is 9. The first-order valence-electron chi connectivity index (χ1n) is 11.9. The van der Waals surface area contributed by atoms with E-state index in [0.29, 0.717) is 38.5 Å². The fraction of sp³-hybridized carbons (Fsp3) is 0.0690. The Morgan fingerprint density at radius 3 is 2.17 bits per heavy atom. The number of thiazole rings is 2. The van der Waals surface area contributed by atoms with Crippen LogP contribution in [0.3, 0.4) is 0 Å². The number of benzene rings is 4. The van der Waals surface area contributed by atoms with E-state index in [9.17, 15) is 17.8 Å². The van der Waals surface area contributed by atoms with Crippen molar-refractivity contribution in [2.75, 3.05) is 5.73 Å². The highest BCUT2D eigenvalue weighted by molar-refractivity contribution is 7.86. The number of rotatable bonds is 6. The van der Waals surface area contributed by atoms with Crippen LogP contribution in [-0.2, 0) is 16.5 Å². The monoisotopic (exact) mass is 588 g/mol. The minimum atomic E-state index is -4.38. The second kappa shape index (κ2) is 10.5. The van der Waals surface area contributed by atoms with E-state index in [1.807, 2.05) is 42.5 Å². The summed E-state index contributed by atoms with van der Waals surface area (Å²) >= 11 is 2.78. The van der Waals surface area contributed by atoms with Crippen molar-refractivity contribution in [3.05, 3.63) is 95.6 Å². The SMILES string of the molecule is Cc1ccc2nc(-c3ccc4nc(-c5ccc(CC(=O)c6ccc(N)cc6)cc5)sc4c3)sc2c1S(=O)(=O)O.N. The topological polar surface area (TPSA) is 158 Å². The molecule has 0 radical (unpaired) electrons. The first-order valence-corrected chi connectivity index (χ1v) is 15.0. The van der Waals surface area contributed by atoms with Crippen molar-refractivity contribution in [1.29, 1.82) is 0 Å². The summed E-state index contributed by atoms with van der Waals surface area (Å²) in [5.41, 5.74) is 11.5. The number of ketones is 1. The Morgan fingerprint density at radius 2 is 1.48 bits per heavy atom. The van der Waals surface area contributed by atoms with Crippen molar-refractivity contribution in [3.63, 3.8) is 0 Å². The van der Waals surface area contributed by atoms with E-state index in [1.165, 1.54) is 11.3 Å². The maximum absolute atomic E-state index is 12.6. The van der Waals surface area contributed by atoms with Crippen LogP contribution in [0.5, 0.6) is 0 Å². The third-order valence-electron chi connectivity index (χ3n) is 6.40. The number of hydrogen-bond donors (Lipinski definition) is 3. The van der Waals surface area contributed by atoms with Gasteiger partial charge in [-0.3, -0.25) is 9.35 Å². The Labute approximate surface area is 238 Å². The number of carbonyl (C=O) groups is 1. The lowest BCUT2D eigenvalue weighted by Crippen LogP contribution is -2.03. The van der Waals surface area contributed by atoms with E-state index in [4.69, 9.17) is 10.7 Å². The highest BCUT2D eigenvalue weighted by atomic mass is 32.2. The van der Waals surface area contributed by atoms with Crippen molar-refractivity contribution in [3.8, 4) is 21.1 Å². The average Bonchev–Trinajstić information content (AvgIpc) is 3.52. The van der Waals surface area contributed by atoms with Gasteiger partial charge in [0.2, 0.25) is 0 Å². The van der Waals surface area contributed by atoms with Gasteiger partial charge in [0.05, 0.1) is 20.4 Å². The lowest BCUT2D eigenvalue weighted by molar-refractivity contribution is 0.0993. The Balaban J connectivity index is 0.00000323. The van der Waals surface area contributed by atoms with Crippen LogP contribution in [0, 0.1) is 6.92 Å². The maximum atomic E-state index is 12.6. The van der Waals surface area contributed by atoms with Gasteiger partial charge in [-0.05, 0) is 66.6 Å². The van der Waals surface area contributed by atoms with Crippen LogP contribution in [0.2, 0.25) is 0 Å². The van der Waals surface area contributed by atoms with Crippen LogP contribution in [0.15, 0.2) is 83.8 Å². The van der Waals surface area contributed by atoms with Gasteiger partial charge in [-0.25, -0.2) is 9.97 Å². The predicted octanol–water partition coefficient (Wildman–Crippen LogP) is 6.96. The van der Waals surface area contributed by atoms with Crippen LogP contribution >= 0.6 is 22.7 Å². The van der Waals surface area contributed by atoms with Gasteiger partial charge in [-0.2, -0.15) is 8.42 Å². The van der Waals surface area contributed by atoms with Gasteiger partial charge in [-0.1, -0.05) is 30.3 Å². The number of nitrogen functional groups attached to an aromatic ring is 1. The zero-order valence-corrected chi connectivity index (χ0v) is 23.7. The zero-order chi connectivity index (χ0) is 27.3. The number of carbonyl (C=O) groups excluding carboxylic acids is 1. The summed E-state index contributed by atoms with van der Waals surface area (Å²) < 4.78 is 35.1. The molecule has 11 heteroatoms. The van der Waals surface area contributed by atoms with Crippen molar-refractivity contribution in [1.82, 2.24) is 16.1 Å². The molecule has 0 aliphatic heterocycles. The highest BCUT2D eigenvalue weighted by Crippen LogP contribution is 2.38. The molecular formula is C29H24N4O4S3. The molecule has 6 N–H and O–H groups in total. The molecule has 0 aliphatic carbocycles. The van der Waals surface area contributed by atoms with Gasteiger partial charge in [-0.15, -0.1) is 22.7 Å². The Hall–Kier alpha value is -4.00. The van der Waals surface area contributed by atoms with Gasteiger partial charge in [0.1, 0.15) is 14.9 Å². The molecule has 0 amide bonds. The average molecular weight is 589 g/mol. The molecule has 0 unspecified atom stereocenters. The molecular weight excluding hydrogens is 565 g/mol. The van der Waals surface area contributed by atoms with Gasteiger partial charge < -0.3 is 11.9 Å². The second-order valence-corrected chi connectivity index (χ2v) is 12.6. The molecule has 2 aromatic heterocycles. The molecule has 0 aliphatic rings. The lowest BCUT2D eigenvalue weighted by Gasteiger charge is -2.03. The fourth-order valence-corrected chi connectivity index (χ4v) is 7.73. The molecule has 202 valence electrons. The van der Waals surface area contributed by atoms with Crippen molar-refractivity contribution in [2.24, 2.45) is 0 Å². The molecule has 0 spiro atoms. The molecule has 6 rings (SSSR count). The van der Waals surface area contributed by atoms with Gasteiger partial charge in [0, 0.05) is 28.8 Å². The molecule has 40 heavy (non-hydrogen) atoms. The highest BCUT2D eigenvalue weighted by Gasteiger charge is 2.21. The summed E-state index contributed by atoms with van der Waals surface area (Å²) in [5.74, 6) is 0.0315. The largest absolute Gasteiger partial charge is 0.399 e. The van der Waals surface area contributed by atoms with Gasteiger partial charge in [0.15, 0.2) is 5.78 Å². The summed E-state index contributed by atoms with van der Waals surface area (Å²) in [5, 5.41) is 1.51. The quantitative estimate of drug-likeness (QED) is 0.107. The van der Waals surface area contributed by atoms with Crippen molar-refractivity contribution in [2.45, 2.75) is 18.2 Å². The number of Topliss-reactive ketones (excluding diaryl/α,β-unsaturated/α-hetero) is 1. The molecule has 4 aromatic carbocycles. The van der Waals surface area contributed by atoms with Crippen LogP contribution in [0.1, 0.15) is 21.5 Å². The van der Waals surface area contributed by atoms with Crippen molar-refractivity contribution < 1.29 is 17.8 Å². The van der Waals surface area contributed by atoms with E-state index < -0.39 is 10.1 Å². The summed E-state index contributed by atoms with van der Waals surface area (Å²) in [4.78, 5) is 21.9. The molecule has 0 atom stereocenters. The van der Waals surface area contributed by atoms with E-state index >= 15 is 0 Å². The molecule has 0 saturated heterocycles. The Bertz CT molecular complexity index is 2000. The van der Waals surface area contributed by atoms with Crippen LogP contribution < -0.4 is 11.9 Å². The number of aromatic nitrogens is 2. The van der Waals surface area contributed by atoms with Crippen molar-refractivity contribution >= 4 is 64.7 Å². The summed E-state index contributed by atoms with van der Waals surface area (Å²) in [7, 11) is -4.38. The summed E-state index contributed by atoms with van der Waals surface area (Å²) in [6, 6.07) is 24.0. The fourth-order valence-electron chi connectivity index (χ4n) is 4.41. The molecule has 2 heterocycles. The van der Waals surface area contributed by atoms with E-state index in [0.717, 1.165) is 31.9 Å². The first kappa shape index (κ1) is 27.6. The minimum Gasteiger partial charge on any atom is -0.399 e. The second-order valence-electron chi connectivity index (χ2n) is 9.17. The number of aryl methyl sites for hydroxylation is 1.